The number of benzene rings is 2. The lowest BCUT2D eigenvalue weighted by molar-refractivity contribution is -0.120. The molecule has 312 valence electrons. The predicted octanol–water partition coefficient (Wildman–Crippen LogP) is 6.25. The van der Waals surface area contributed by atoms with Crippen LogP contribution >= 0.6 is 0 Å². The standard InChI is InChI=1S/C44H51FN12O3/c1-28-41(33-20-39(42(46)47-23-33)60-29(2)32-5-4-6-34(45)19-32)55(27-48-28)25-31-22-49-57(26-31)35-11-14-53(15-12-35)24-30-9-16-54(17-10-30)36-7-8-37-38(21-36)52(3)51-43(37)56-18-13-40(58)50-44(56)59/h4-8,19-23,26-27,29-30,35H,9-18,24-25H2,1-3H3,(H2,46,47)(H,50,58,59)/t29-/m1/s1. The number of anilines is 3. The summed E-state index contributed by atoms with van der Waals surface area (Å²) in [5, 5.41) is 12.8. The molecule has 3 fully saturated rings. The summed E-state index contributed by atoms with van der Waals surface area (Å²) in [6, 6.07) is 14.5. The van der Waals surface area contributed by atoms with Gasteiger partial charge in [0, 0.05) is 87.3 Å². The van der Waals surface area contributed by atoms with Crippen LogP contribution in [0.4, 0.5) is 26.5 Å². The lowest BCUT2D eigenvalue weighted by atomic mass is 9.94. The predicted molar refractivity (Wildman–Crippen MR) is 227 cm³/mol. The van der Waals surface area contributed by atoms with Crippen LogP contribution in [-0.4, -0.2) is 90.2 Å². The van der Waals surface area contributed by atoms with Gasteiger partial charge in [-0.05, 0) is 87.4 Å². The zero-order valence-electron chi connectivity index (χ0n) is 34.3. The quantitative estimate of drug-likeness (QED) is 0.153. The Bertz CT molecular complexity index is 2530. The number of nitrogens with zero attached hydrogens (tertiary/aromatic N) is 10. The SMILES string of the molecule is Cc1ncn(Cc2cnn(C3CCN(CC4CCN(c5ccc6c(N7CCC(=O)NC7=O)nn(C)c6c5)CC4)CC3)c2)c1-c1cnc(N)c(O[C@H](C)c2cccc(F)c2)c1. The molecule has 2 aromatic carbocycles. The fourth-order valence-corrected chi connectivity index (χ4v) is 9.02. The van der Waals surface area contributed by atoms with Gasteiger partial charge in [-0.15, -0.1) is 0 Å². The molecule has 16 heteroatoms. The molecule has 0 unspecified atom stereocenters. The highest BCUT2D eigenvalue weighted by Crippen LogP contribution is 2.35. The van der Waals surface area contributed by atoms with E-state index in [1.54, 1.807) is 17.2 Å². The van der Waals surface area contributed by atoms with E-state index < -0.39 is 12.1 Å². The van der Waals surface area contributed by atoms with Crippen LogP contribution in [0.3, 0.4) is 0 Å². The Morgan fingerprint density at radius 3 is 2.58 bits per heavy atom. The summed E-state index contributed by atoms with van der Waals surface area (Å²) < 4.78 is 26.1. The van der Waals surface area contributed by atoms with E-state index in [4.69, 9.17) is 15.6 Å². The smallest absolute Gasteiger partial charge is 0.329 e. The summed E-state index contributed by atoms with van der Waals surface area (Å²) in [6.45, 7) is 10.00. The zero-order valence-corrected chi connectivity index (χ0v) is 34.3. The number of nitrogens with two attached hydrogens (primary N) is 1. The van der Waals surface area contributed by atoms with Gasteiger partial charge >= 0.3 is 6.03 Å². The molecule has 9 rings (SSSR count). The number of rotatable bonds is 11. The Hall–Kier alpha value is -6.29. The molecular weight excluding hydrogens is 764 g/mol. The average molecular weight is 815 g/mol. The molecule has 0 aliphatic carbocycles. The molecule has 3 N–H and O–H groups in total. The molecule has 0 radical (unpaired) electrons. The highest BCUT2D eigenvalue weighted by molar-refractivity contribution is 6.09. The molecule has 0 bridgehead atoms. The summed E-state index contributed by atoms with van der Waals surface area (Å²) >= 11 is 0. The molecule has 3 amide bonds. The number of amides is 3. The molecule has 0 spiro atoms. The Morgan fingerprint density at radius 1 is 0.983 bits per heavy atom. The minimum absolute atomic E-state index is 0.253. The number of halogens is 1. The number of hydrogen-bond donors (Lipinski definition) is 2. The van der Waals surface area contributed by atoms with Gasteiger partial charge in [-0.2, -0.15) is 10.2 Å². The first-order valence-corrected chi connectivity index (χ1v) is 20.8. The summed E-state index contributed by atoms with van der Waals surface area (Å²) in [5.41, 5.74) is 12.8. The third-order valence-corrected chi connectivity index (χ3v) is 12.4. The Balaban J connectivity index is 0.770. The van der Waals surface area contributed by atoms with Crippen LogP contribution < -0.4 is 25.6 Å². The van der Waals surface area contributed by atoms with Crippen molar-refractivity contribution in [1.29, 1.82) is 0 Å². The van der Waals surface area contributed by atoms with E-state index in [1.165, 1.54) is 17.8 Å². The van der Waals surface area contributed by atoms with Crippen molar-refractivity contribution >= 4 is 40.2 Å². The van der Waals surface area contributed by atoms with Gasteiger partial charge in [0.1, 0.15) is 11.9 Å². The number of piperidine rings is 2. The van der Waals surface area contributed by atoms with Gasteiger partial charge in [0.2, 0.25) is 5.91 Å². The minimum atomic E-state index is -0.423. The van der Waals surface area contributed by atoms with Crippen molar-refractivity contribution in [3.8, 4) is 17.0 Å². The molecule has 7 heterocycles. The highest BCUT2D eigenvalue weighted by atomic mass is 19.1. The van der Waals surface area contributed by atoms with Crippen LogP contribution in [0.25, 0.3) is 22.2 Å². The Morgan fingerprint density at radius 2 is 1.80 bits per heavy atom. The van der Waals surface area contributed by atoms with Crippen molar-refractivity contribution in [1.82, 2.24) is 44.3 Å². The number of ether oxygens (including phenoxy) is 1. The minimum Gasteiger partial charge on any atom is -0.482 e. The Labute approximate surface area is 347 Å². The first-order chi connectivity index (χ1) is 29.1. The van der Waals surface area contributed by atoms with Crippen molar-refractivity contribution in [3.05, 3.63) is 96.1 Å². The van der Waals surface area contributed by atoms with Gasteiger partial charge in [0.05, 0.1) is 42.0 Å². The van der Waals surface area contributed by atoms with Crippen LogP contribution in [0.15, 0.2) is 73.4 Å². The van der Waals surface area contributed by atoms with Gasteiger partial charge in [-0.1, -0.05) is 12.1 Å². The number of fused-ring (bicyclic) bond motifs is 1. The van der Waals surface area contributed by atoms with Crippen molar-refractivity contribution in [3.63, 3.8) is 0 Å². The maximum atomic E-state index is 13.9. The van der Waals surface area contributed by atoms with E-state index in [0.29, 0.717) is 42.2 Å². The van der Waals surface area contributed by atoms with Crippen LogP contribution in [0.5, 0.6) is 5.75 Å². The number of likely N-dealkylation sites (tertiary alicyclic amines) is 1. The van der Waals surface area contributed by atoms with Crippen LogP contribution in [0.2, 0.25) is 0 Å². The van der Waals surface area contributed by atoms with Crippen LogP contribution in [-0.2, 0) is 18.4 Å². The topological polar surface area (TPSA) is 157 Å². The molecule has 4 aromatic heterocycles. The van der Waals surface area contributed by atoms with E-state index in [9.17, 15) is 14.0 Å². The summed E-state index contributed by atoms with van der Waals surface area (Å²) in [6.07, 6.45) is 12.0. The molecule has 3 aliphatic rings. The van der Waals surface area contributed by atoms with E-state index >= 15 is 0 Å². The maximum absolute atomic E-state index is 13.9. The fraction of sp³-hybridized carbons (Fsp3) is 0.409. The Kier molecular flexibility index (Phi) is 10.7. The normalized spacial score (nSPS) is 17.7. The van der Waals surface area contributed by atoms with Gasteiger partial charge in [0.25, 0.3) is 0 Å². The number of aryl methyl sites for hydroxylation is 2. The largest absolute Gasteiger partial charge is 0.482 e. The fourth-order valence-electron chi connectivity index (χ4n) is 9.02. The van der Waals surface area contributed by atoms with Crippen LogP contribution in [0.1, 0.15) is 68.0 Å². The second kappa shape index (κ2) is 16.4. The number of carbonyl (C=O) groups is 2. The number of imidazole rings is 1. The number of aromatic nitrogens is 7. The summed E-state index contributed by atoms with van der Waals surface area (Å²) in [7, 11) is 1.90. The number of nitrogens with one attached hydrogen (secondary N) is 1. The van der Waals surface area contributed by atoms with Crippen molar-refractivity contribution in [2.75, 3.05) is 54.8 Å². The maximum Gasteiger partial charge on any atom is 0.329 e. The molecule has 0 saturated carbocycles. The first-order valence-electron chi connectivity index (χ1n) is 20.8. The van der Waals surface area contributed by atoms with E-state index in [2.05, 4.69) is 63.8 Å². The van der Waals surface area contributed by atoms with Gasteiger partial charge in [-0.25, -0.2) is 19.2 Å². The summed E-state index contributed by atoms with van der Waals surface area (Å²) in [5.74, 6) is 1.37. The average Bonchev–Trinajstić information content (AvgIpc) is 3.96. The van der Waals surface area contributed by atoms with E-state index in [-0.39, 0.29) is 24.0 Å². The van der Waals surface area contributed by atoms with Crippen LogP contribution in [0, 0.1) is 18.7 Å². The second-order valence-electron chi connectivity index (χ2n) is 16.4. The summed E-state index contributed by atoms with van der Waals surface area (Å²) in [4.78, 5) is 39.9. The van der Waals surface area contributed by atoms with Gasteiger partial charge in [-0.3, -0.25) is 24.4 Å². The van der Waals surface area contributed by atoms with Crippen molar-refractivity contribution < 1.29 is 18.7 Å². The molecule has 3 aliphatic heterocycles. The first kappa shape index (κ1) is 39.2. The number of pyridine rings is 1. The molecular formula is C44H51FN12O3. The lowest BCUT2D eigenvalue weighted by Crippen LogP contribution is -2.49. The number of imide groups is 1. The third-order valence-electron chi connectivity index (χ3n) is 12.4. The number of nitrogen functional groups attached to an aromatic ring is 1. The van der Waals surface area contributed by atoms with E-state index in [0.717, 1.165) is 91.8 Å². The lowest BCUT2D eigenvalue weighted by Gasteiger charge is -2.38. The monoisotopic (exact) mass is 814 g/mol. The van der Waals surface area contributed by atoms with Gasteiger partial charge in [0.15, 0.2) is 17.4 Å². The highest BCUT2D eigenvalue weighted by Gasteiger charge is 2.30. The van der Waals surface area contributed by atoms with Crippen molar-refractivity contribution in [2.45, 2.75) is 64.6 Å². The molecule has 3 saturated heterocycles. The van der Waals surface area contributed by atoms with Crippen molar-refractivity contribution in [2.24, 2.45) is 13.0 Å². The molecule has 6 aromatic rings. The zero-order chi connectivity index (χ0) is 41.5. The van der Waals surface area contributed by atoms with Gasteiger partial charge < -0.3 is 24.8 Å². The third kappa shape index (κ3) is 8.03. The van der Waals surface area contributed by atoms with E-state index in [1.807, 2.05) is 50.2 Å². The second-order valence-corrected chi connectivity index (χ2v) is 16.4. The number of carbonyl (C=O) groups excluding carboxylic acids is 2. The molecule has 1 atom stereocenters. The number of hydrogen-bond acceptors (Lipinski definition) is 10. The number of urea groups is 1. The molecule has 15 nitrogen and oxygen atoms in total. The molecule has 60 heavy (non-hydrogen) atoms.